The fraction of sp³-hybridized carbons (Fsp3) is 0.455. The normalized spacial score (nSPS) is 11.5. The third-order valence-corrected chi connectivity index (χ3v) is 2.42. The molecule has 0 amide bonds. The molecule has 0 heterocycles. The van der Waals surface area contributed by atoms with Crippen LogP contribution in [0.2, 0.25) is 0 Å². The van der Waals surface area contributed by atoms with E-state index in [0.717, 1.165) is 10.2 Å². The lowest BCUT2D eigenvalue weighted by atomic mass is 10.1. The predicted molar refractivity (Wildman–Crippen MR) is 63.7 cm³/mol. The second kappa shape index (κ2) is 4.32. The minimum atomic E-state index is -0.665. The number of benzene rings is 1. The molecule has 0 aliphatic carbocycles. The van der Waals surface area contributed by atoms with E-state index in [-0.39, 0.29) is 0 Å². The molecule has 78 valence electrons. The highest BCUT2D eigenvalue weighted by atomic mass is 79.9. The highest BCUT2D eigenvalue weighted by Gasteiger charge is 2.15. The molecule has 0 spiro atoms. The van der Waals surface area contributed by atoms with Crippen molar-refractivity contribution >= 4 is 21.6 Å². The van der Waals surface area contributed by atoms with Crippen molar-refractivity contribution in [1.29, 1.82) is 0 Å². The zero-order valence-electron chi connectivity index (χ0n) is 8.79. The van der Waals surface area contributed by atoms with E-state index in [9.17, 15) is 5.11 Å². The fourth-order valence-electron chi connectivity index (χ4n) is 1.37. The average molecular weight is 258 g/mol. The van der Waals surface area contributed by atoms with Gasteiger partial charge in [-0.05, 0) is 38.1 Å². The Labute approximate surface area is 93.7 Å². The van der Waals surface area contributed by atoms with Gasteiger partial charge < -0.3 is 10.0 Å². The first-order chi connectivity index (χ1) is 6.38. The number of likely N-dealkylation sites (N-methyl/N-ethyl adjacent to an activating group) is 1. The second-order valence-electron chi connectivity index (χ2n) is 4.14. The molecule has 0 aliphatic rings. The van der Waals surface area contributed by atoms with Gasteiger partial charge in [0, 0.05) is 23.8 Å². The van der Waals surface area contributed by atoms with Crippen LogP contribution in [0.5, 0.6) is 0 Å². The van der Waals surface area contributed by atoms with Crippen molar-refractivity contribution in [2.75, 3.05) is 18.5 Å². The van der Waals surface area contributed by atoms with Crippen molar-refractivity contribution in [3.63, 3.8) is 0 Å². The van der Waals surface area contributed by atoms with E-state index in [1.54, 1.807) is 0 Å². The molecule has 1 aromatic carbocycles. The molecule has 2 nitrogen and oxygen atoms in total. The minimum Gasteiger partial charge on any atom is -0.389 e. The van der Waals surface area contributed by atoms with Crippen LogP contribution in [0.25, 0.3) is 0 Å². The Morgan fingerprint density at radius 2 is 1.79 bits per heavy atom. The molecule has 0 unspecified atom stereocenters. The molecule has 3 heteroatoms. The summed E-state index contributed by atoms with van der Waals surface area (Å²) in [6, 6.07) is 8.04. The van der Waals surface area contributed by atoms with Gasteiger partial charge in [-0.3, -0.25) is 0 Å². The molecular weight excluding hydrogens is 242 g/mol. The number of nitrogens with zero attached hydrogens (tertiary/aromatic N) is 1. The van der Waals surface area contributed by atoms with Crippen LogP contribution in [0.15, 0.2) is 28.7 Å². The van der Waals surface area contributed by atoms with Crippen LogP contribution in [0, 0.1) is 0 Å². The molecule has 0 saturated heterocycles. The van der Waals surface area contributed by atoms with Crippen LogP contribution in [-0.2, 0) is 0 Å². The molecular formula is C11H16BrNO. The molecule has 1 N–H and O–H groups in total. The molecule has 0 fully saturated rings. The lowest BCUT2D eigenvalue weighted by molar-refractivity contribution is 0.0886. The summed E-state index contributed by atoms with van der Waals surface area (Å²) in [6.07, 6.45) is 0. The quantitative estimate of drug-likeness (QED) is 0.900. The Hall–Kier alpha value is -0.540. The standard InChI is InChI=1S/C11H16BrNO/c1-11(2,14)8-13(3)10-6-4-9(12)5-7-10/h4-7,14H,8H2,1-3H3. The summed E-state index contributed by atoms with van der Waals surface area (Å²) in [5, 5.41) is 9.65. The smallest absolute Gasteiger partial charge is 0.0765 e. The van der Waals surface area contributed by atoms with Gasteiger partial charge in [-0.15, -0.1) is 0 Å². The van der Waals surface area contributed by atoms with Gasteiger partial charge in [-0.25, -0.2) is 0 Å². The van der Waals surface area contributed by atoms with E-state index < -0.39 is 5.60 Å². The Kier molecular flexibility index (Phi) is 3.56. The Morgan fingerprint density at radius 1 is 1.29 bits per heavy atom. The van der Waals surface area contributed by atoms with Gasteiger partial charge in [0.25, 0.3) is 0 Å². The monoisotopic (exact) mass is 257 g/mol. The lowest BCUT2D eigenvalue weighted by Gasteiger charge is -2.27. The summed E-state index contributed by atoms with van der Waals surface area (Å²) in [4.78, 5) is 2.03. The van der Waals surface area contributed by atoms with Gasteiger partial charge in [0.2, 0.25) is 0 Å². The van der Waals surface area contributed by atoms with Gasteiger partial charge in [0.05, 0.1) is 5.60 Å². The molecule has 0 bridgehead atoms. The summed E-state index contributed by atoms with van der Waals surface area (Å²) in [5.41, 5.74) is 0.442. The maximum atomic E-state index is 9.65. The van der Waals surface area contributed by atoms with Crippen molar-refractivity contribution in [2.45, 2.75) is 19.4 Å². The van der Waals surface area contributed by atoms with E-state index in [4.69, 9.17) is 0 Å². The van der Waals surface area contributed by atoms with Crippen LogP contribution in [0.3, 0.4) is 0 Å². The zero-order valence-corrected chi connectivity index (χ0v) is 10.4. The number of hydrogen-bond acceptors (Lipinski definition) is 2. The number of hydrogen-bond donors (Lipinski definition) is 1. The maximum absolute atomic E-state index is 9.65. The highest BCUT2D eigenvalue weighted by Crippen LogP contribution is 2.18. The number of halogens is 1. The molecule has 1 rings (SSSR count). The summed E-state index contributed by atoms with van der Waals surface area (Å²) < 4.78 is 1.07. The number of rotatable bonds is 3. The van der Waals surface area contributed by atoms with Crippen molar-refractivity contribution in [3.05, 3.63) is 28.7 Å². The molecule has 0 aliphatic heterocycles. The van der Waals surface area contributed by atoms with Crippen LogP contribution >= 0.6 is 15.9 Å². The van der Waals surface area contributed by atoms with Gasteiger partial charge >= 0.3 is 0 Å². The minimum absolute atomic E-state index is 0.620. The third-order valence-electron chi connectivity index (χ3n) is 1.89. The van der Waals surface area contributed by atoms with Crippen LogP contribution in [0.4, 0.5) is 5.69 Å². The molecule has 14 heavy (non-hydrogen) atoms. The molecule has 0 saturated carbocycles. The summed E-state index contributed by atoms with van der Waals surface area (Å²) in [5.74, 6) is 0. The lowest BCUT2D eigenvalue weighted by Crippen LogP contribution is -2.36. The van der Waals surface area contributed by atoms with E-state index in [1.807, 2.05) is 50.1 Å². The topological polar surface area (TPSA) is 23.5 Å². The summed E-state index contributed by atoms with van der Waals surface area (Å²) >= 11 is 3.39. The SMILES string of the molecule is CN(CC(C)(C)O)c1ccc(Br)cc1. The molecule has 0 radical (unpaired) electrons. The van der Waals surface area contributed by atoms with Crippen LogP contribution in [0.1, 0.15) is 13.8 Å². The van der Waals surface area contributed by atoms with E-state index in [0.29, 0.717) is 6.54 Å². The maximum Gasteiger partial charge on any atom is 0.0765 e. The average Bonchev–Trinajstić information content (AvgIpc) is 2.02. The van der Waals surface area contributed by atoms with Gasteiger partial charge in [-0.2, -0.15) is 0 Å². The molecule has 1 aromatic rings. The van der Waals surface area contributed by atoms with Crippen LogP contribution in [-0.4, -0.2) is 24.3 Å². The largest absolute Gasteiger partial charge is 0.389 e. The first kappa shape index (κ1) is 11.5. The Morgan fingerprint density at radius 3 is 2.21 bits per heavy atom. The molecule has 0 aromatic heterocycles. The van der Waals surface area contributed by atoms with Crippen molar-refractivity contribution in [2.24, 2.45) is 0 Å². The summed E-state index contributed by atoms with van der Waals surface area (Å²) in [6.45, 7) is 4.24. The zero-order chi connectivity index (χ0) is 10.8. The van der Waals surface area contributed by atoms with Crippen LogP contribution < -0.4 is 4.90 Å². The van der Waals surface area contributed by atoms with Crippen molar-refractivity contribution < 1.29 is 5.11 Å². The number of aliphatic hydroxyl groups is 1. The number of anilines is 1. The highest BCUT2D eigenvalue weighted by molar-refractivity contribution is 9.10. The van der Waals surface area contributed by atoms with Crippen molar-refractivity contribution in [3.8, 4) is 0 Å². The van der Waals surface area contributed by atoms with E-state index in [1.165, 1.54) is 0 Å². The van der Waals surface area contributed by atoms with Gasteiger partial charge in [0.15, 0.2) is 0 Å². The summed E-state index contributed by atoms with van der Waals surface area (Å²) in [7, 11) is 1.97. The van der Waals surface area contributed by atoms with Gasteiger partial charge in [0.1, 0.15) is 0 Å². The van der Waals surface area contributed by atoms with E-state index in [2.05, 4.69) is 15.9 Å². The Balaban J connectivity index is 2.70. The first-order valence-electron chi connectivity index (χ1n) is 4.57. The van der Waals surface area contributed by atoms with E-state index >= 15 is 0 Å². The fourth-order valence-corrected chi connectivity index (χ4v) is 1.63. The predicted octanol–water partition coefficient (Wildman–Crippen LogP) is 2.66. The van der Waals surface area contributed by atoms with Gasteiger partial charge in [-0.1, -0.05) is 15.9 Å². The van der Waals surface area contributed by atoms with Crippen molar-refractivity contribution in [1.82, 2.24) is 0 Å². The third kappa shape index (κ3) is 3.68. The Bertz CT molecular complexity index is 289. The second-order valence-corrected chi connectivity index (χ2v) is 5.06. The molecule has 0 atom stereocenters. The first-order valence-corrected chi connectivity index (χ1v) is 5.37.